The zero-order valence-corrected chi connectivity index (χ0v) is 26.9. The van der Waals surface area contributed by atoms with Gasteiger partial charge >= 0.3 is 0 Å². The van der Waals surface area contributed by atoms with E-state index >= 15 is 0 Å². The molecule has 0 amide bonds. The Morgan fingerprint density at radius 3 is 1.75 bits per heavy atom. The molecule has 8 aromatic rings. The van der Waals surface area contributed by atoms with Crippen LogP contribution in [0.15, 0.2) is 133 Å². The van der Waals surface area contributed by atoms with E-state index in [-0.39, 0.29) is 0 Å². The summed E-state index contributed by atoms with van der Waals surface area (Å²) in [6, 6.07) is 47.8. The summed E-state index contributed by atoms with van der Waals surface area (Å²) < 4.78 is 2.24. The summed E-state index contributed by atoms with van der Waals surface area (Å²) in [4.78, 5) is 14.6. The number of para-hydroxylation sites is 1. The fraction of sp³-hybridized carbons (Fsp3) is 0.0698. The third kappa shape index (κ3) is 5.01. The van der Waals surface area contributed by atoms with Crippen molar-refractivity contribution in [3.8, 4) is 57.0 Å². The van der Waals surface area contributed by atoms with E-state index < -0.39 is 0 Å². The Morgan fingerprint density at radius 2 is 1.10 bits per heavy atom. The van der Waals surface area contributed by atoms with Crippen molar-refractivity contribution in [2.75, 3.05) is 0 Å². The number of benzene rings is 6. The minimum atomic E-state index is 0.460. The second-order valence-corrected chi connectivity index (χ2v) is 12.2. The first-order valence-electron chi connectivity index (χ1n) is 16.0. The molecule has 0 atom stereocenters. The first-order chi connectivity index (χ1) is 23.5. The predicted molar refractivity (Wildman–Crippen MR) is 195 cm³/mol. The highest BCUT2D eigenvalue weighted by molar-refractivity contribution is 6.10. The van der Waals surface area contributed by atoms with Crippen LogP contribution in [0.4, 0.5) is 0 Å². The van der Waals surface area contributed by atoms with Gasteiger partial charge in [-0.2, -0.15) is 5.26 Å². The van der Waals surface area contributed by atoms with Gasteiger partial charge in [0, 0.05) is 33.2 Å². The van der Waals surface area contributed by atoms with Gasteiger partial charge in [0.1, 0.15) is 0 Å². The molecule has 0 saturated heterocycles. The summed E-state index contributed by atoms with van der Waals surface area (Å²) in [5.41, 5.74) is 12.3. The largest absolute Gasteiger partial charge is 0.309 e. The number of hydrogen-bond donors (Lipinski definition) is 0. The lowest BCUT2D eigenvalue weighted by Gasteiger charge is -2.13. The van der Waals surface area contributed by atoms with E-state index in [9.17, 15) is 5.26 Å². The van der Waals surface area contributed by atoms with Gasteiger partial charge in [-0.15, -0.1) is 0 Å². The zero-order valence-electron chi connectivity index (χ0n) is 26.9. The van der Waals surface area contributed by atoms with Gasteiger partial charge in [0.15, 0.2) is 17.5 Å². The van der Waals surface area contributed by atoms with E-state index in [0.29, 0.717) is 28.6 Å². The molecular formula is C43H31N5. The molecule has 5 heteroatoms. The third-order valence-corrected chi connectivity index (χ3v) is 8.96. The van der Waals surface area contributed by atoms with Crippen LogP contribution in [0, 0.1) is 32.1 Å². The molecule has 0 spiro atoms. The van der Waals surface area contributed by atoms with Crippen LogP contribution in [0.3, 0.4) is 0 Å². The van der Waals surface area contributed by atoms with Crippen LogP contribution in [0.25, 0.3) is 72.8 Å². The zero-order chi connectivity index (χ0) is 32.8. The van der Waals surface area contributed by atoms with Gasteiger partial charge in [-0.05, 0) is 79.4 Å². The van der Waals surface area contributed by atoms with Gasteiger partial charge in [-0.3, -0.25) is 0 Å². The highest BCUT2D eigenvalue weighted by Gasteiger charge is 2.18. The first kappa shape index (κ1) is 29.1. The van der Waals surface area contributed by atoms with Crippen LogP contribution in [0.2, 0.25) is 0 Å². The highest BCUT2D eigenvalue weighted by atomic mass is 15.0. The normalized spacial score (nSPS) is 11.2. The molecule has 2 aromatic heterocycles. The second kappa shape index (κ2) is 11.8. The monoisotopic (exact) mass is 617 g/mol. The Bertz CT molecular complexity index is 2460. The van der Waals surface area contributed by atoms with Crippen LogP contribution in [0.5, 0.6) is 0 Å². The number of fused-ring (bicyclic) bond motifs is 3. The number of nitrogens with zero attached hydrogens (tertiary/aromatic N) is 5. The van der Waals surface area contributed by atoms with E-state index in [4.69, 9.17) is 15.0 Å². The van der Waals surface area contributed by atoms with Crippen molar-refractivity contribution in [3.05, 3.63) is 156 Å². The van der Waals surface area contributed by atoms with Crippen LogP contribution in [-0.4, -0.2) is 19.5 Å². The summed E-state index contributed by atoms with van der Waals surface area (Å²) in [5.74, 6) is 1.58. The second-order valence-electron chi connectivity index (χ2n) is 12.2. The molecule has 0 aliphatic heterocycles. The van der Waals surface area contributed by atoms with E-state index in [2.05, 4.69) is 92.1 Å². The van der Waals surface area contributed by atoms with Gasteiger partial charge in [0.05, 0.1) is 22.7 Å². The average Bonchev–Trinajstić information content (AvgIpc) is 3.45. The quantitative estimate of drug-likeness (QED) is 0.193. The first-order valence-corrected chi connectivity index (χ1v) is 16.0. The van der Waals surface area contributed by atoms with E-state index in [1.54, 1.807) is 0 Å². The minimum Gasteiger partial charge on any atom is -0.309 e. The van der Waals surface area contributed by atoms with Crippen molar-refractivity contribution in [3.63, 3.8) is 0 Å². The maximum atomic E-state index is 10.5. The predicted octanol–water partition coefficient (Wildman–Crippen LogP) is 10.4. The Morgan fingerprint density at radius 1 is 0.521 bits per heavy atom. The molecule has 0 saturated carbocycles. The van der Waals surface area contributed by atoms with Crippen LogP contribution >= 0.6 is 0 Å². The highest BCUT2D eigenvalue weighted by Crippen LogP contribution is 2.38. The maximum absolute atomic E-state index is 10.5. The SMILES string of the molecule is Cc1cc(C)c(-c2ccc3c(c2)c2ccccc2n3-c2ccc(-c3nc(-c4ccccc4)nc(-c4ccccc4)n3)c(C#N)c2)c(C)c1. The smallest absolute Gasteiger partial charge is 0.165 e. The maximum Gasteiger partial charge on any atom is 0.165 e. The molecule has 0 fully saturated rings. The van der Waals surface area contributed by atoms with E-state index in [0.717, 1.165) is 33.2 Å². The lowest BCUT2D eigenvalue weighted by atomic mass is 9.93. The number of rotatable bonds is 5. The van der Waals surface area contributed by atoms with Gasteiger partial charge in [0.25, 0.3) is 0 Å². The van der Waals surface area contributed by atoms with Crippen molar-refractivity contribution in [1.82, 2.24) is 19.5 Å². The van der Waals surface area contributed by atoms with Crippen molar-refractivity contribution in [1.29, 1.82) is 5.26 Å². The van der Waals surface area contributed by atoms with E-state index in [1.807, 2.05) is 72.8 Å². The van der Waals surface area contributed by atoms with Crippen LogP contribution < -0.4 is 0 Å². The lowest BCUT2D eigenvalue weighted by molar-refractivity contribution is 1.07. The Hall–Kier alpha value is -6.38. The summed E-state index contributed by atoms with van der Waals surface area (Å²) in [5, 5.41) is 12.8. The number of hydrogen-bond acceptors (Lipinski definition) is 4. The summed E-state index contributed by atoms with van der Waals surface area (Å²) in [6.45, 7) is 6.52. The molecule has 0 aliphatic carbocycles. The van der Waals surface area contributed by atoms with Gasteiger partial charge < -0.3 is 4.57 Å². The molecule has 228 valence electrons. The summed E-state index contributed by atoms with van der Waals surface area (Å²) in [6.07, 6.45) is 0. The molecule has 48 heavy (non-hydrogen) atoms. The molecule has 5 nitrogen and oxygen atoms in total. The molecule has 0 radical (unpaired) electrons. The summed E-state index contributed by atoms with van der Waals surface area (Å²) in [7, 11) is 0. The Kier molecular flexibility index (Phi) is 7.12. The molecule has 0 unspecified atom stereocenters. The fourth-order valence-corrected chi connectivity index (χ4v) is 6.93. The van der Waals surface area contributed by atoms with Crippen molar-refractivity contribution in [2.45, 2.75) is 20.8 Å². The Balaban J connectivity index is 1.30. The molecule has 8 rings (SSSR count). The molecule has 6 aromatic carbocycles. The fourth-order valence-electron chi connectivity index (χ4n) is 6.93. The minimum absolute atomic E-state index is 0.460. The standard InChI is InChI=1S/C43H31N5/c1-27-22-28(2)40(29(3)23-27)32-18-21-39-37(25-32)36-16-10-11-17-38(36)48(39)34-19-20-35(33(24-34)26-44)43-46-41(30-12-6-4-7-13-30)45-42(47-43)31-14-8-5-9-15-31/h4-25H,1-3H3. The van der Waals surface area contributed by atoms with Crippen LogP contribution in [0.1, 0.15) is 22.3 Å². The molecule has 0 N–H and O–H groups in total. The topological polar surface area (TPSA) is 67.4 Å². The number of aryl methyl sites for hydroxylation is 3. The van der Waals surface area contributed by atoms with E-state index in [1.165, 1.54) is 33.2 Å². The average molecular weight is 618 g/mol. The molecular weight excluding hydrogens is 587 g/mol. The van der Waals surface area contributed by atoms with Gasteiger partial charge in [0.2, 0.25) is 0 Å². The molecule has 0 bridgehead atoms. The Labute approximate surface area is 279 Å². The molecule has 0 aliphatic rings. The van der Waals surface area contributed by atoms with Gasteiger partial charge in [-0.25, -0.2) is 15.0 Å². The number of aromatic nitrogens is 4. The van der Waals surface area contributed by atoms with Crippen molar-refractivity contribution in [2.24, 2.45) is 0 Å². The third-order valence-electron chi connectivity index (χ3n) is 8.96. The number of nitriles is 1. The van der Waals surface area contributed by atoms with Crippen molar-refractivity contribution < 1.29 is 0 Å². The van der Waals surface area contributed by atoms with Crippen molar-refractivity contribution >= 4 is 21.8 Å². The van der Waals surface area contributed by atoms with Gasteiger partial charge in [-0.1, -0.05) is 103 Å². The summed E-state index contributed by atoms with van der Waals surface area (Å²) >= 11 is 0. The molecule has 2 heterocycles. The lowest BCUT2D eigenvalue weighted by Crippen LogP contribution is -2.02. The van der Waals surface area contributed by atoms with Crippen LogP contribution in [-0.2, 0) is 0 Å².